The van der Waals surface area contributed by atoms with Gasteiger partial charge >= 0.3 is 5.97 Å². The molecule has 82 valence electrons. The Labute approximate surface area is 93.2 Å². The van der Waals surface area contributed by atoms with Crippen molar-refractivity contribution in [3.8, 4) is 0 Å². The number of rotatable bonds is 2. The fourth-order valence-electron chi connectivity index (χ4n) is 2.06. The van der Waals surface area contributed by atoms with Crippen molar-refractivity contribution in [3.63, 3.8) is 0 Å². The monoisotopic (exact) mass is 225 g/mol. The number of carbonyl (C=O) groups excluding carboxylic acids is 1. The number of aryl methyl sites for hydroxylation is 2. The standard InChI is InChI=1S/C11H15NO2S/c1-3-7-6-8-9(15-7)4-5-11(8,12)10(13)14-2/h6H,3-5,12H2,1-2H3. The van der Waals surface area contributed by atoms with Gasteiger partial charge in [-0.05, 0) is 30.9 Å². The van der Waals surface area contributed by atoms with Crippen LogP contribution in [-0.2, 0) is 27.9 Å². The van der Waals surface area contributed by atoms with Crippen LogP contribution < -0.4 is 5.73 Å². The maximum absolute atomic E-state index is 11.7. The van der Waals surface area contributed by atoms with E-state index in [1.807, 2.05) is 0 Å². The maximum atomic E-state index is 11.7. The largest absolute Gasteiger partial charge is 0.467 e. The molecule has 1 aliphatic rings. The lowest BCUT2D eigenvalue weighted by atomic mass is 9.94. The van der Waals surface area contributed by atoms with Crippen LogP contribution in [0.5, 0.6) is 0 Å². The number of methoxy groups -OCH3 is 1. The van der Waals surface area contributed by atoms with Crippen molar-refractivity contribution in [2.45, 2.75) is 31.7 Å². The van der Waals surface area contributed by atoms with Crippen LogP contribution >= 0.6 is 11.3 Å². The summed E-state index contributed by atoms with van der Waals surface area (Å²) in [6, 6.07) is 2.06. The molecular formula is C11H15NO2S. The SMILES string of the molecule is CCc1cc2c(s1)CCC2(N)C(=O)OC. The Balaban J connectivity index is 2.42. The van der Waals surface area contributed by atoms with Gasteiger partial charge in [0, 0.05) is 9.75 Å². The van der Waals surface area contributed by atoms with Crippen molar-refractivity contribution in [2.75, 3.05) is 7.11 Å². The predicted octanol–water partition coefficient (Wildman–Crippen LogP) is 1.58. The molecule has 2 N–H and O–H groups in total. The highest BCUT2D eigenvalue weighted by molar-refractivity contribution is 7.12. The number of nitrogens with two attached hydrogens (primary N) is 1. The molecule has 0 amide bonds. The second kappa shape index (κ2) is 3.61. The predicted molar refractivity (Wildman–Crippen MR) is 59.9 cm³/mol. The molecule has 0 fully saturated rings. The van der Waals surface area contributed by atoms with Crippen LogP contribution in [0.3, 0.4) is 0 Å². The van der Waals surface area contributed by atoms with Gasteiger partial charge in [-0.3, -0.25) is 0 Å². The molecule has 2 rings (SSSR count). The van der Waals surface area contributed by atoms with Gasteiger partial charge in [-0.15, -0.1) is 11.3 Å². The minimum absolute atomic E-state index is 0.318. The summed E-state index contributed by atoms with van der Waals surface area (Å²) < 4.78 is 4.78. The highest BCUT2D eigenvalue weighted by Crippen LogP contribution is 2.40. The molecule has 1 aliphatic carbocycles. The third-order valence-corrected chi connectivity index (χ3v) is 4.32. The zero-order valence-electron chi connectivity index (χ0n) is 9.00. The molecule has 0 radical (unpaired) electrons. The van der Waals surface area contributed by atoms with E-state index >= 15 is 0 Å². The van der Waals surface area contributed by atoms with Crippen molar-refractivity contribution in [3.05, 3.63) is 21.4 Å². The molecule has 1 heterocycles. The van der Waals surface area contributed by atoms with Gasteiger partial charge in [-0.1, -0.05) is 6.92 Å². The molecule has 0 aliphatic heterocycles. The third-order valence-electron chi connectivity index (χ3n) is 2.99. The Bertz CT molecular complexity index is 399. The average Bonchev–Trinajstić information content (AvgIpc) is 2.79. The molecule has 1 atom stereocenters. The van der Waals surface area contributed by atoms with E-state index in [0.29, 0.717) is 6.42 Å². The van der Waals surface area contributed by atoms with Crippen molar-refractivity contribution in [1.29, 1.82) is 0 Å². The number of esters is 1. The van der Waals surface area contributed by atoms with E-state index in [2.05, 4.69) is 13.0 Å². The highest BCUT2D eigenvalue weighted by atomic mass is 32.1. The smallest absolute Gasteiger partial charge is 0.330 e. The Morgan fingerprint density at radius 3 is 3.07 bits per heavy atom. The third kappa shape index (κ3) is 1.48. The molecule has 3 nitrogen and oxygen atoms in total. The molecule has 0 spiro atoms. The van der Waals surface area contributed by atoms with Crippen molar-refractivity contribution in [1.82, 2.24) is 0 Å². The summed E-state index contributed by atoms with van der Waals surface area (Å²) in [6.07, 6.45) is 2.56. The minimum Gasteiger partial charge on any atom is -0.467 e. The Morgan fingerprint density at radius 2 is 2.47 bits per heavy atom. The molecule has 0 bridgehead atoms. The van der Waals surface area contributed by atoms with Crippen LogP contribution in [-0.4, -0.2) is 13.1 Å². The number of fused-ring (bicyclic) bond motifs is 1. The van der Waals surface area contributed by atoms with E-state index in [0.717, 1.165) is 18.4 Å². The molecule has 4 heteroatoms. The van der Waals surface area contributed by atoms with Crippen molar-refractivity contribution < 1.29 is 9.53 Å². The van der Waals surface area contributed by atoms with Crippen LogP contribution in [0.1, 0.15) is 28.7 Å². The molecule has 0 saturated heterocycles. The summed E-state index contributed by atoms with van der Waals surface area (Å²) in [5, 5.41) is 0. The molecule has 0 saturated carbocycles. The summed E-state index contributed by atoms with van der Waals surface area (Å²) in [5.74, 6) is -0.318. The first-order valence-corrected chi connectivity index (χ1v) is 5.93. The van der Waals surface area contributed by atoms with Crippen LogP contribution in [0.4, 0.5) is 0 Å². The fourth-order valence-corrected chi connectivity index (χ4v) is 3.25. The summed E-state index contributed by atoms with van der Waals surface area (Å²) in [6.45, 7) is 2.11. The molecule has 0 aromatic carbocycles. The summed E-state index contributed by atoms with van der Waals surface area (Å²) >= 11 is 1.76. The average molecular weight is 225 g/mol. The fraction of sp³-hybridized carbons (Fsp3) is 0.545. The first-order chi connectivity index (χ1) is 7.11. The topological polar surface area (TPSA) is 52.3 Å². The second-order valence-corrected chi connectivity index (χ2v) is 5.09. The summed E-state index contributed by atoms with van der Waals surface area (Å²) in [5.41, 5.74) is 6.21. The first kappa shape index (κ1) is 10.6. The van der Waals surface area contributed by atoms with Gasteiger partial charge in [0.1, 0.15) is 5.54 Å². The summed E-state index contributed by atoms with van der Waals surface area (Å²) in [4.78, 5) is 14.2. The number of hydrogen-bond donors (Lipinski definition) is 1. The molecule has 1 aromatic heterocycles. The number of thiophene rings is 1. The minimum atomic E-state index is -0.895. The zero-order valence-corrected chi connectivity index (χ0v) is 9.82. The number of ether oxygens (including phenoxy) is 1. The lowest BCUT2D eigenvalue weighted by Crippen LogP contribution is -2.43. The van der Waals surface area contributed by atoms with E-state index < -0.39 is 5.54 Å². The van der Waals surface area contributed by atoms with Gasteiger partial charge in [-0.25, -0.2) is 4.79 Å². The van der Waals surface area contributed by atoms with Gasteiger partial charge < -0.3 is 10.5 Å². The van der Waals surface area contributed by atoms with Gasteiger partial charge in [0.25, 0.3) is 0 Å². The van der Waals surface area contributed by atoms with Gasteiger partial charge in [0.05, 0.1) is 7.11 Å². The van der Waals surface area contributed by atoms with Gasteiger partial charge in [0.15, 0.2) is 0 Å². The molecule has 1 unspecified atom stereocenters. The molecular weight excluding hydrogens is 210 g/mol. The van der Waals surface area contributed by atoms with Gasteiger partial charge in [-0.2, -0.15) is 0 Å². The molecule has 15 heavy (non-hydrogen) atoms. The summed E-state index contributed by atoms with van der Waals surface area (Å²) in [7, 11) is 1.39. The second-order valence-electron chi connectivity index (χ2n) is 3.87. The van der Waals surface area contributed by atoms with E-state index in [9.17, 15) is 4.79 Å². The number of hydrogen-bond acceptors (Lipinski definition) is 4. The van der Waals surface area contributed by atoms with E-state index in [4.69, 9.17) is 10.5 Å². The lowest BCUT2D eigenvalue weighted by molar-refractivity contribution is -0.147. The van der Waals surface area contributed by atoms with Crippen LogP contribution in [0.15, 0.2) is 6.07 Å². The zero-order chi connectivity index (χ0) is 11.1. The first-order valence-electron chi connectivity index (χ1n) is 5.11. The van der Waals surface area contributed by atoms with Crippen LogP contribution in [0, 0.1) is 0 Å². The lowest BCUT2D eigenvalue weighted by Gasteiger charge is -2.20. The van der Waals surface area contributed by atoms with E-state index in [-0.39, 0.29) is 5.97 Å². The normalized spacial score (nSPS) is 23.9. The number of carbonyl (C=O) groups is 1. The van der Waals surface area contributed by atoms with Crippen LogP contribution in [0.2, 0.25) is 0 Å². The molecule has 1 aromatic rings. The van der Waals surface area contributed by atoms with Crippen molar-refractivity contribution in [2.24, 2.45) is 5.73 Å². The van der Waals surface area contributed by atoms with E-state index in [1.165, 1.54) is 16.9 Å². The Hall–Kier alpha value is -0.870. The van der Waals surface area contributed by atoms with Gasteiger partial charge in [0.2, 0.25) is 0 Å². The quantitative estimate of drug-likeness (QED) is 0.777. The maximum Gasteiger partial charge on any atom is 0.330 e. The Kier molecular flexibility index (Phi) is 2.56. The van der Waals surface area contributed by atoms with Crippen LogP contribution in [0.25, 0.3) is 0 Å². The Morgan fingerprint density at radius 1 is 1.73 bits per heavy atom. The highest BCUT2D eigenvalue weighted by Gasteiger charge is 2.44. The van der Waals surface area contributed by atoms with Crippen molar-refractivity contribution >= 4 is 17.3 Å². The van der Waals surface area contributed by atoms with E-state index in [1.54, 1.807) is 11.3 Å².